The maximum atomic E-state index is 13.5. The monoisotopic (exact) mass is 640 g/mol. The second-order valence-electron chi connectivity index (χ2n) is 11.0. The number of aliphatic hydroxyl groups excluding tert-OH is 1. The molecule has 2 aliphatic rings. The molecule has 0 radical (unpaired) electrons. The lowest BCUT2D eigenvalue weighted by molar-refractivity contribution is -0.116. The zero-order chi connectivity index (χ0) is 28.7. The number of imidazole rings is 1. The van der Waals surface area contributed by atoms with Crippen LogP contribution in [0.5, 0.6) is 0 Å². The number of carbonyl (C=O) groups is 1. The van der Waals surface area contributed by atoms with E-state index in [1.54, 1.807) is 12.1 Å². The second kappa shape index (κ2) is 11.8. The van der Waals surface area contributed by atoms with Gasteiger partial charge in [0.25, 0.3) is 0 Å². The summed E-state index contributed by atoms with van der Waals surface area (Å²) in [5.74, 6) is 1.41. The van der Waals surface area contributed by atoms with Gasteiger partial charge in [-0.2, -0.15) is 0 Å². The largest absolute Gasteiger partial charge is 0.396 e. The maximum Gasteiger partial charge on any atom is 0.192 e. The summed E-state index contributed by atoms with van der Waals surface area (Å²) in [7, 11) is 2.01. The van der Waals surface area contributed by atoms with Gasteiger partial charge in [0, 0.05) is 51.6 Å². The fourth-order valence-corrected chi connectivity index (χ4v) is 7.68. The minimum atomic E-state index is -0.272. The molecule has 4 heterocycles. The third-order valence-electron chi connectivity index (χ3n) is 8.53. The molecule has 8 nitrogen and oxygen atoms in total. The summed E-state index contributed by atoms with van der Waals surface area (Å²) >= 11 is 5.20. The number of thiazole rings is 1. The smallest absolute Gasteiger partial charge is 0.192 e. The van der Waals surface area contributed by atoms with Gasteiger partial charge < -0.3 is 19.7 Å². The van der Waals surface area contributed by atoms with Gasteiger partial charge in [0.1, 0.15) is 23.6 Å². The van der Waals surface area contributed by atoms with E-state index in [2.05, 4.69) is 60.3 Å². The predicted molar refractivity (Wildman–Crippen MR) is 165 cm³/mol. The quantitative estimate of drug-likeness (QED) is 0.246. The molecule has 216 valence electrons. The van der Waals surface area contributed by atoms with Gasteiger partial charge in [-0.3, -0.25) is 9.30 Å². The molecule has 1 N–H and O–H groups in total. The van der Waals surface area contributed by atoms with Crippen molar-refractivity contribution in [2.45, 2.75) is 32.2 Å². The van der Waals surface area contributed by atoms with Gasteiger partial charge >= 0.3 is 0 Å². The van der Waals surface area contributed by atoms with Crippen molar-refractivity contribution in [2.24, 2.45) is 11.8 Å². The zero-order valence-electron chi connectivity index (χ0n) is 23.2. The lowest BCUT2D eigenvalue weighted by atomic mass is 9.71. The first-order chi connectivity index (χ1) is 19.9. The lowest BCUT2D eigenvalue weighted by Gasteiger charge is -2.45. The number of hydrogen-bond donors (Lipinski definition) is 1. The highest BCUT2D eigenvalue weighted by atomic mass is 79.9. The Labute approximate surface area is 251 Å². The molecule has 4 aromatic rings. The van der Waals surface area contributed by atoms with Crippen LogP contribution in [0, 0.1) is 17.7 Å². The summed E-state index contributed by atoms with van der Waals surface area (Å²) in [5.41, 5.74) is 4.62. The van der Waals surface area contributed by atoms with Gasteiger partial charge in [0.05, 0.1) is 26.9 Å². The normalized spacial score (nSPS) is 20.3. The molecule has 1 aliphatic heterocycles. The number of pyridine rings is 1. The summed E-state index contributed by atoms with van der Waals surface area (Å²) in [6.45, 7) is 5.67. The predicted octanol–water partition coefficient (Wildman–Crippen LogP) is 5.40. The average molecular weight is 642 g/mol. The number of hydrogen-bond acceptors (Lipinski definition) is 8. The molecule has 1 saturated carbocycles. The maximum absolute atomic E-state index is 13.5. The number of aromatic nitrogens is 3. The zero-order valence-corrected chi connectivity index (χ0v) is 25.6. The van der Waals surface area contributed by atoms with Crippen LogP contribution in [0.2, 0.25) is 0 Å². The highest BCUT2D eigenvalue weighted by molar-refractivity contribution is 9.11. The van der Waals surface area contributed by atoms with Crippen molar-refractivity contribution in [3.63, 3.8) is 0 Å². The Morgan fingerprint density at radius 3 is 2.54 bits per heavy atom. The first kappa shape index (κ1) is 28.3. The molecule has 1 atom stereocenters. The highest BCUT2D eigenvalue weighted by Crippen LogP contribution is 2.40. The third-order valence-corrected chi connectivity index (χ3v) is 10.3. The van der Waals surface area contributed by atoms with Crippen molar-refractivity contribution in [1.82, 2.24) is 19.3 Å². The SMILES string of the molecule is CCc1nc2ccc(N3CCN(C(C=O)C4CC(CO)C4)CC3)cn2c1N(C)c1nc(-c2ccc(F)cc2)c(Br)s1. The van der Waals surface area contributed by atoms with Crippen molar-refractivity contribution in [3.05, 3.63) is 57.9 Å². The van der Waals surface area contributed by atoms with E-state index in [4.69, 9.17) is 9.97 Å². The topological polar surface area (TPSA) is 77.2 Å². The molecule has 1 unspecified atom stereocenters. The number of rotatable bonds is 9. The van der Waals surface area contributed by atoms with Crippen molar-refractivity contribution in [3.8, 4) is 11.3 Å². The summed E-state index contributed by atoms with van der Waals surface area (Å²) in [5, 5.41) is 10.2. The van der Waals surface area contributed by atoms with Crippen LogP contribution in [0.3, 0.4) is 0 Å². The Hall–Kier alpha value is -2.86. The number of piperazine rings is 1. The summed E-state index contributed by atoms with van der Waals surface area (Å²) < 4.78 is 16.5. The van der Waals surface area contributed by atoms with Gasteiger partial charge in [0.15, 0.2) is 5.13 Å². The van der Waals surface area contributed by atoms with Crippen molar-refractivity contribution in [2.75, 3.05) is 49.6 Å². The number of fused-ring (bicyclic) bond motifs is 1. The van der Waals surface area contributed by atoms with Crippen LogP contribution in [0.1, 0.15) is 25.5 Å². The van der Waals surface area contributed by atoms with Crippen LogP contribution in [0.15, 0.2) is 46.4 Å². The fourth-order valence-electron chi connectivity index (χ4n) is 6.15. The third kappa shape index (κ3) is 5.40. The molecular weight excluding hydrogens is 607 g/mol. The minimum absolute atomic E-state index is 0.0548. The Bertz CT molecular complexity index is 1530. The Balaban J connectivity index is 1.23. The number of halogens is 2. The average Bonchev–Trinajstić information content (AvgIpc) is 3.55. The van der Waals surface area contributed by atoms with E-state index in [0.717, 1.165) is 94.7 Å². The molecule has 6 rings (SSSR count). The standard InChI is InChI=1S/C30H34BrFN6O2S/c1-3-24-29(35(2)30-34-27(28(31)41-30)20-4-6-22(32)7-5-20)38-16-23(8-9-26(38)33-24)36-10-12-37(13-11-36)25(18-40)21-14-19(15-21)17-39/h4-9,16,18-19,21,25,39H,3,10-15,17H2,1-2H3. The first-order valence-electron chi connectivity index (χ1n) is 14.1. The molecular formula is C30H34BrFN6O2S. The van der Waals surface area contributed by atoms with Crippen molar-refractivity contribution >= 4 is 55.8 Å². The van der Waals surface area contributed by atoms with Crippen molar-refractivity contribution in [1.29, 1.82) is 0 Å². The van der Waals surface area contributed by atoms with E-state index in [0.29, 0.717) is 11.8 Å². The van der Waals surface area contributed by atoms with Crippen LogP contribution in [0.4, 0.5) is 21.0 Å². The minimum Gasteiger partial charge on any atom is -0.396 e. The van der Waals surface area contributed by atoms with Crippen LogP contribution in [-0.2, 0) is 11.2 Å². The molecule has 41 heavy (non-hydrogen) atoms. The van der Waals surface area contributed by atoms with E-state index in [-0.39, 0.29) is 18.5 Å². The molecule has 0 bridgehead atoms. The Kier molecular flexibility index (Phi) is 8.13. The summed E-state index contributed by atoms with van der Waals surface area (Å²) in [6.07, 6.45) is 5.92. The molecule has 0 spiro atoms. The summed E-state index contributed by atoms with van der Waals surface area (Å²) in [4.78, 5) is 28.5. The molecule has 1 aliphatic carbocycles. The molecule has 1 saturated heterocycles. The molecule has 3 aromatic heterocycles. The van der Waals surface area contributed by atoms with Gasteiger partial charge in [-0.15, -0.1) is 0 Å². The summed E-state index contributed by atoms with van der Waals surface area (Å²) in [6, 6.07) is 10.5. The number of carbonyl (C=O) groups excluding carboxylic acids is 1. The van der Waals surface area contributed by atoms with Crippen LogP contribution in [-0.4, -0.2) is 76.5 Å². The van der Waals surface area contributed by atoms with Gasteiger partial charge in [0.2, 0.25) is 0 Å². The van der Waals surface area contributed by atoms with Gasteiger partial charge in [-0.25, -0.2) is 14.4 Å². The molecule has 2 fully saturated rings. The van der Waals surface area contributed by atoms with E-state index >= 15 is 0 Å². The second-order valence-corrected chi connectivity index (χ2v) is 13.3. The van der Waals surface area contributed by atoms with Crippen LogP contribution < -0.4 is 9.80 Å². The lowest BCUT2D eigenvalue weighted by Crippen LogP contribution is -2.55. The van der Waals surface area contributed by atoms with E-state index in [1.807, 2.05) is 7.05 Å². The number of benzene rings is 1. The fraction of sp³-hybridized carbons (Fsp3) is 0.433. The Morgan fingerprint density at radius 2 is 1.88 bits per heavy atom. The number of aryl methyl sites for hydroxylation is 1. The first-order valence-corrected chi connectivity index (χ1v) is 15.7. The van der Waals surface area contributed by atoms with Gasteiger partial charge in [-0.05, 0) is 83.4 Å². The number of anilines is 3. The molecule has 0 amide bonds. The number of aliphatic hydroxyl groups is 1. The number of nitrogens with zero attached hydrogens (tertiary/aromatic N) is 6. The van der Waals surface area contributed by atoms with Crippen LogP contribution >= 0.6 is 27.3 Å². The molecule has 1 aromatic carbocycles. The van der Waals surface area contributed by atoms with Crippen molar-refractivity contribution < 1.29 is 14.3 Å². The Morgan fingerprint density at radius 1 is 1.15 bits per heavy atom. The number of aldehydes is 1. The van der Waals surface area contributed by atoms with E-state index in [9.17, 15) is 14.3 Å². The van der Waals surface area contributed by atoms with E-state index < -0.39 is 0 Å². The van der Waals surface area contributed by atoms with E-state index in [1.165, 1.54) is 23.5 Å². The highest BCUT2D eigenvalue weighted by Gasteiger charge is 2.38. The van der Waals surface area contributed by atoms with Gasteiger partial charge in [-0.1, -0.05) is 18.3 Å². The molecule has 11 heteroatoms. The van der Waals surface area contributed by atoms with Crippen LogP contribution in [0.25, 0.3) is 16.9 Å².